The van der Waals surface area contributed by atoms with Crippen LogP contribution in [0.1, 0.15) is 23.3 Å². The van der Waals surface area contributed by atoms with Gasteiger partial charge in [-0.2, -0.15) is 13.2 Å². The molecular weight excluding hydrogens is 391 g/mol. The van der Waals surface area contributed by atoms with E-state index in [1.807, 2.05) is 0 Å². The van der Waals surface area contributed by atoms with Crippen molar-refractivity contribution in [2.45, 2.75) is 18.3 Å². The normalized spacial score (nSPS) is 13.3. The first kappa shape index (κ1) is 20.3. The van der Waals surface area contributed by atoms with Crippen molar-refractivity contribution in [1.29, 1.82) is 0 Å². The Morgan fingerprint density at radius 1 is 1.08 bits per heavy atom. The molecule has 0 aliphatic heterocycles. The van der Waals surface area contributed by atoms with Gasteiger partial charge in [0.1, 0.15) is 5.75 Å². The number of halogens is 4. The summed E-state index contributed by atoms with van der Waals surface area (Å²) in [5.74, 6) is -1.62. The smallest absolute Gasteiger partial charge is 0.325 e. The zero-order valence-electron chi connectivity index (χ0n) is 13.5. The predicted octanol–water partition coefficient (Wildman–Crippen LogP) is 4.47. The Labute approximate surface area is 153 Å². The highest BCUT2D eigenvalue weighted by Gasteiger charge is 2.30. The molecule has 1 N–H and O–H groups in total. The molecule has 0 fully saturated rings. The lowest BCUT2D eigenvalue weighted by Crippen LogP contribution is -2.26. The number of anilines is 1. The lowest BCUT2D eigenvalue weighted by Gasteiger charge is -2.14. The number of amides is 1. The summed E-state index contributed by atoms with van der Waals surface area (Å²) in [5, 5.41) is 1.81. The van der Waals surface area contributed by atoms with E-state index in [1.54, 1.807) is 24.3 Å². The first-order valence-electron chi connectivity index (χ1n) is 7.43. The number of carbonyl (C=O) groups excluding carboxylic acids is 1. The van der Waals surface area contributed by atoms with Crippen LogP contribution in [0.3, 0.4) is 0 Å². The van der Waals surface area contributed by atoms with Crippen LogP contribution in [-0.4, -0.2) is 20.1 Å². The van der Waals surface area contributed by atoms with Crippen LogP contribution in [0, 0.1) is 0 Å². The van der Waals surface area contributed by atoms with Crippen molar-refractivity contribution in [2.24, 2.45) is 0 Å². The van der Waals surface area contributed by atoms with E-state index >= 15 is 0 Å². The maximum absolute atomic E-state index is 12.5. The highest BCUT2D eigenvalue weighted by Crippen LogP contribution is 2.30. The Bertz CT molecular complexity index is 879. The molecule has 2 rings (SSSR count). The minimum Gasteiger partial charge on any atom is -0.325 e. The van der Waals surface area contributed by atoms with Crippen LogP contribution in [0.25, 0.3) is 0 Å². The van der Waals surface area contributed by atoms with E-state index in [9.17, 15) is 26.4 Å². The molecule has 0 spiro atoms. The highest BCUT2D eigenvalue weighted by atomic mass is 35.5. The number of alkyl halides is 3. The fraction of sp³-hybridized carbons (Fsp3) is 0.235. The molecule has 1 unspecified atom stereocenters. The SMILES string of the molecule is CC(c1ccc(Cl)cc1)S(=O)(=O)CC(=O)Nc1ccc(C(F)(F)F)cc1. The van der Waals surface area contributed by atoms with Crippen LogP contribution in [0.15, 0.2) is 48.5 Å². The van der Waals surface area contributed by atoms with Gasteiger partial charge >= 0.3 is 6.18 Å². The quantitative estimate of drug-likeness (QED) is 0.798. The third-order valence-electron chi connectivity index (χ3n) is 3.71. The van der Waals surface area contributed by atoms with Gasteiger partial charge in [0.15, 0.2) is 9.84 Å². The van der Waals surface area contributed by atoms with Crippen molar-refractivity contribution >= 4 is 33.0 Å². The molecule has 9 heteroatoms. The number of nitrogens with one attached hydrogen (secondary N) is 1. The third kappa shape index (κ3) is 5.22. The molecule has 0 saturated heterocycles. The summed E-state index contributed by atoms with van der Waals surface area (Å²) in [5.41, 5.74) is -0.298. The van der Waals surface area contributed by atoms with Gasteiger partial charge in [0.05, 0.1) is 10.8 Å². The summed E-state index contributed by atoms with van der Waals surface area (Å²) in [6.07, 6.45) is -4.49. The summed E-state index contributed by atoms with van der Waals surface area (Å²) in [6, 6.07) is 9.94. The van der Waals surface area contributed by atoms with E-state index in [-0.39, 0.29) is 5.69 Å². The molecule has 0 radical (unpaired) electrons. The van der Waals surface area contributed by atoms with E-state index < -0.39 is 38.5 Å². The molecular formula is C17H15ClF3NO3S. The van der Waals surface area contributed by atoms with Crippen molar-refractivity contribution in [3.63, 3.8) is 0 Å². The molecule has 1 atom stereocenters. The van der Waals surface area contributed by atoms with Crippen LogP contribution in [0.2, 0.25) is 5.02 Å². The van der Waals surface area contributed by atoms with Crippen molar-refractivity contribution in [2.75, 3.05) is 11.1 Å². The van der Waals surface area contributed by atoms with E-state index in [4.69, 9.17) is 11.6 Å². The Morgan fingerprint density at radius 3 is 2.12 bits per heavy atom. The van der Waals surface area contributed by atoms with Gasteiger partial charge in [-0.3, -0.25) is 4.79 Å². The Hall–Kier alpha value is -2.06. The van der Waals surface area contributed by atoms with E-state index in [0.29, 0.717) is 10.6 Å². The van der Waals surface area contributed by atoms with Crippen LogP contribution in [-0.2, 0) is 20.8 Å². The molecule has 1 amide bonds. The van der Waals surface area contributed by atoms with Crippen molar-refractivity contribution in [3.05, 3.63) is 64.7 Å². The van der Waals surface area contributed by atoms with Gasteiger partial charge in [0.25, 0.3) is 0 Å². The van der Waals surface area contributed by atoms with Gasteiger partial charge < -0.3 is 5.32 Å². The van der Waals surface area contributed by atoms with Crippen molar-refractivity contribution < 1.29 is 26.4 Å². The minimum absolute atomic E-state index is 0.0809. The number of carbonyl (C=O) groups is 1. The van der Waals surface area contributed by atoms with Gasteiger partial charge in [-0.1, -0.05) is 23.7 Å². The van der Waals surface area contributed by atoms with Crippen LogP contribution in [0.5, 0.6) is 0 Å². The maximum atomic E-state index is 12.5. The molecule has 0 aliphatic carbocycles. The fourth-order valence-corrected chi connectivity index (χ4v) is 3.57. The molecule has 2 aromatic rings. The van der Waals surface area contributed by atoms with Crippen LogP contribution < -0.4 is 5.32 Å². The summed E-state index contributed by atoms with van der Waals surface area (Å²) >= 11 is 5.76. The zero-order valence-corrected chi connectivity index (χ0v) is 15.1. The fourth-order valence-electron chi connectivity index (χ4n) is 2.19. The van der Waals surface area contributed by atoms with Gasteiger partial charge in [0, 0.05) is 10.7 Å². The molecule has 0 aromatic heterocycles. The topological polar surface area (TPSA) is 63.2 Å². The van der Waals surface area contributed by atoms with E-state index in [0.717, 1.165) is 24.3 Å². The third-order valence-corrected chi connectivity index (χ3v) is 5.97. The molecule has 4 nitrogen and oxygen atoms in total. The van der Waals surface area contributed by atoms with E-state index in [2.05, 4.69) is 5.32 Å². The first-order valence-corrected chi connectivity index (χ1v) is 9.52. The second kappa shape index (κ2) is 7.67. The number of hydrogen-bond acceptors (Lipinski definition) is 3. The average Bonchev–Trinajstić information content (AvgIpc) is 2.54. The van der Waals surface area contributed by atoms with E-state index in [1.165, 1.54) is 6.92 Å². The van der Waals surface area contributed by atoms with Gasteiger partial charge in [-0.05, 0) is 48.9 Å². The summed E-state index contributed by atoms with van der Waals surface area (Å²) < 4.78 is 62.2. The Morgan fingerprint density at radius 2 is 1.62 bits per heavy atom. The lowest BCUT2D eigenvalue weighted by molar-refractivity contribution is -0.137. The van der Waals surface area contributed by atoms with Gasteiger partial charge in [0.2, 0.25) is 5.91 Å². The number of sulfone groups is 1. The molecule has 0 heterocycles. The maximum Gasteiger partial charge on any atom is 0.416 e. The summed E-state index contributed by atoms with van der Waals surface area (Å²) in [7, 11) is -3.81. The number of hydrogen-bond donors (Lipinski definition) is 1. The largest absolute Gasteiger partial charge is 0.416 e. The average molecular weight is 406 g/mol. The van der Waals surface area contributed by atoms with Gasteiger partial charge in [-0.25, -0.2) is 8.42 Å². The minimum atomic E-state index is -4.49. The van der Waals surface area contributed by atoms with Gasteiger partial charge in [-0.15, -0.1) is 0 Å². The Balaban J connectivity index is 2.05. The molecule has 0 saturated carbocycles. The summed E-state index contributed by atoms with van der Waals surface area (Å²) in [6.45, 7) is 1.45. The van der Waals surface area contributed by atoms with Crippen molar-refractivity contribution in [1.82, 2.24) is 0 Å². The molecule has 140 valence electrons. The highest BCUT2D eigenvalue weighted by molar-refractivity contribution is 7.92. The predicted molar refractivity (Wildman–Crippen MR) is 93.7 cm³/mol. The monoisotopic (exact) mass is 405 g/mol. The van der Waals surface area contributed by atoms with Crippen LogP contribution in [0.4, 0.5) is 18.9 Å². The Kier molecular flexibility index (Phi) is 5.98. The lowest BCUT2D eigenvalue weighted by atomic mass is 10.2. The second-order valence-electron chi connectivity index (χ2n) is 5.62. The molecule has 2 aromatic carbocycles. The number of benzene rings is 2. The first-order chi connectivity index (χ1) is 12.0. The number of rotatable bonds is 5. The molecule has 26 heavy (non-hydrogen) atoms. The molecule has 0 bridgehead atoms. The zero-order chi connectivity index (χ0) is 19.5. The molecule has 0 aliphatic rings. The second-order valence-corrected chi connectivity index (χ2v) is 8.38. The van der Waals surface area contributed by atoms with Crippen molar-refractivity contribution in [3.8, 4) is 0 Å². The van der Waals surface area contributed by atoms with Crippen LogP contribution >= 0.6 is 11.6 Å². The standard InChI is InChI=1S/C17H15ClF3NO3S/c1-11(12-2-6-14(18)7-3-12)26(24,25)10-16(23)22-15-8-4-13(5-9-15)17(19,20)21/h2-9,11H,10H2,1H3,(H,22,23). The summed E-state index contributed by atoms with van der Waals surface area (Å²) in [4.78, 5) is 12.0.